The van der Waals surface area contributed by atoms with Gasteiger partial charge in [-0.1, -0.05) is 31.2 Å². The largest absolute Gasteiger partial charge is 0.388 e. The molecule has 1 unspecified atom stereocenters. The van der Waals surface area contributed by atoms with E-state index in [1.165, 1.54) is 17.7 Å². The van der Waals surface area contributed by atoms with Crippen LogP contribution in [0.3, 0.4) is 0 Å². The number of hydrogen-bond acceptors (Lipinski definition) is 3. The maximum Gasteiger partial charge on any atom is 0.224 e. The summed E-state index contributed by atoms with van der Waals surface area (Å²) in [5.41, 5.74) is 2.91. The summed E-state index contributed by atoms with van der Waals surface area (Å²) < 4.78 is 13.0. The van der Waals surface area contributed by atoms with Crippen LogP contribution in [-0.4, -0.2) is 35.5 Å². The summed E-state index contributed by atoms with van der Waals surface area (Å²) in [5.74, 6) is 0.250. The van der Waals surface area contributed by atoms with Crippen molar-refractivity contribution >= 4 is 11.6 Å². The second-order valence-corrected chi connectivity index (χ2v) is 7.50. The minimum Gasteiger partial charge on any atom is -0.388 e. The van der Waals surface area contributed by atoms with Crippen LogP contribution in [0.5, 0.6) is 0 Å². The summed E-state index contributed by atoms with van der Waals surface area (Å²) in [6.07, 6.45) is 2.70. The Hall–Kier alpha value is -2.24. The average molecular weight is 384 g/mol. The number of amides is 1. The normalized spacial score (nSPS) is 16.7. The summed E-state index contributed by atoms with van der Waals surface area (Å²) >= 11 is 0. The number of hydrogen-bond donors (Lipinski definition) is 2. The zero-order valence-corrected chi connectivity index (χ0v) is 16.4. The van der Waals surface area contributed by atoms with Gasteiger partial charge in [0.05, 0.1) is 6.10 Å². The molecule has 5 heteroatoms. The number of nitrogens with one attached hydrogen (secondary N) is 1. The van der Waals surface area contributed by atoms with Gasteiger partial charge in [-0.15, -0.1) is 0 Å². The summed E-state index contributed by atoms with van der Waals surface area (Å²) in [6, 6.07) is 14.2. The van der Waals surface area contributed by atoms with Crippen molar-refractivity contribution in [2.75, 3.05) is 25.0 Å². The monoisotopic (exact) mass is 384 g/mol. The fraction of sp³-hybridized carbons (Fsp3) is 0.435. The highest BCUT2D eigenvalue weighted by Crippen LogP contribution is 2.30. The van der Waals surface area contributed by atoms with Gasteiger partial charge in [-0.3, -0.25) is 4.79 Å². The Morgan fingerprint density at radius 3 is 2.61 bits per heavy atom. The van der Waals surface area contributed by atoms with Gasteiger partial charge in [0.25, 0.3) is 0 Å². The molecule has 28 heavy (non-hydrogen) atoms. The van der Waals surface area contributed by atoms with Crippen LogP contribution in [0, 0.1) is 5.82 Å². The van der Waals surface area contributed by atoms with E-state index in [1.807, 2.05) is 19.1 Å². The Kier molecular flexibility index (Phi) is 7.18. The van der Waals surface area contributed by atoms with Crippen LogP contribution < -0.4 is 5.32 Å². The van der Waals surface area contributed by atoms with Crippen molar-refractivity contribution in [1.82, 2.24) is 4.90 Å². The van der Waals surface area contributed by atoms with E-state index in [2.05, 4.69) is 22.3 Å². The molecule has 1 heterocycles. The van der Waals surface area contributed by atoms with Crippen molar-refractivity contribution in [3.8, 4) is 0 Å². The molecule has 0 bridgehead atoms. The van der Waals surface area contributed by atoms with Gasteiger partial charge >= 0.3 is 0 Å². The topological polar surface area (TPSA) is 52.6 Å². The van der Waals surface area contributed by atoms with Crippen LogP contribution in [0.2, 0.25) is 0 Å². The van der Waals surface area contributed by atoms with E-state index < -0.39 is 6.10 Å². The molecule has 4 nitrogen and oxygen atoms in total. The Bertz CT molecular complexity index is 770. The molecule has 0 aliphatic carbocycles. The summed E-state index contributed by atoms with van der Waals surface area (Å²) in [5, 5.41) is 13.2. The molecule has 1 atom stereocenters. The molecule has 0 aromatic heterocycles. The van der Waals surface area contributed by atoms with Crippen LogP contribution in [0.1, 0.15) is 55.8 Å². The number of rotatable bonds is 7. The van der Waals surface area contributed by atoms with Gasteiger partial charge in [0.1, 0.15) is 5.82 Å². The molecule has 150 valence electrons. The molecule has 0 saturated carbocycles. The lowest BCUT2D eigenvalue weighted by atomic mass is 9.89. The molecule has 1 aliphatic heterocycles. The number of halogens is 1. The number of likely N-dealkylation sites (tertiary alicyclic amines) is 1. The molecule has 3 rings (SSSR count). The fourth-order valence-electron chi connectivity index (χ4n) is 3.77. The zero-order chi connectivity index (χ0) is 19.9. The molecule has 1 amide bonds. The van der Waals surface area contributed by atoms with Gasteiger partial charge < -0.3 is 15.3 Å². The molecule has 1 fully saturated rings. The first-order valence-electron chi connectivity index (χ1n) is 10.1. The predicted molar refractivity (Wildman–Crippen MR) is 110 cm³/mol. The van der Waals surface area contributed by atoms with Gasteiger partial charge in [-0.2, -0.15) is 0 Å². The highest BCUT2D eigenvalue weighted by molar-refractivity contribution is 5.90. The maximum absolute atomic E-state index is 13.0. The van der Waals surface area contributed by atoms with Gasteiger partial charge in [-0.25, -0.2) is 4.39 Å². The van der Waals surface area contributed by atoms with E-state index in [4.69, 9.17) is 0 Å². The van der Waals surface area contributed by atoms with Gasteiger partial charge in [0.15, 0.2) is 0 Å². The van der Waals surface area contributed by atoms with E-state index in [9.17, 15) is 14.3 Å². The summed E-state index contributed by atoms with van der Waals surface area (Å²) in [7, 11) is 0. The number of aliphatic hydroxyl groups excluding tert-OH is 1. The molecule has 2 N–H and O–H groups in total. The second-order valence-electron chi connectivity index (χ2n) is 7.50. The third kappa shape index (κ3) is 5.63. The quantitative estimate of drug-likeness (QED) is 0.740. The number of benzene rings is 2. The van der Waals surface area contributed by atoms with Crippen LogP contribution in [0.25, 0.3) is 0 Å². The maximum atomic E-state index is 13.0. The summed E-state index contributed by atoms with van der Waals surface area (Å²) in [6.45, 7) is 4.67. The molecular formula is C23H29FN2O2. The van der Waals surface area contributed by atoms with Gasteiger partial charge in [0.2, 0.25) is 5.91 Å². The average Bonchev–Trinajstić information content (AvgIpc) is 2.73. The van der Waals surface area contributed by atoms with E-state index in [0.29, 0.717) is 18.8 Å². The molecular weight excluding hydrogens is 355 g/mol. The lowest BCUT2D eigenvalue weighted by molar-refractivity contribution is -0.115. The van der Waals surface area contributed by atoms with Gasteiger partial charge in [0, 0.05) is 18.7 Å². The minimum atomic E-state index is -0.558. The molecule has 1 aliphatic rings. The smallest absolute Gasteiger partial charge is 0.224 e. The highest BCUT2D eigenvalue weighted by Gasteiger charge is 2.21. The second kappa shape index (κ2) is 9.80. The van der Waals surface area contributed by atoms with E-state index in [1.54, 1.807) is 12.1 Å². The lowest BCUT2D eigenvalue weighted by Crippen LogP contribution is -2.34. The molecule has 2 aromatic rings. The standard InChI is InChI=1S/C23H29FN2O2/c1-2-23(28)25-21-5-3-4-19(16-21)17-10-13-26(14-11-17)15-12-22(27)18-6-8-20(24)9-7-18/h3-9,16-17,22,27H,2,10-15H2,1H3,(H,25,28). The van der Waals surface area contributed by atoms with E-state index in [-0.39, 0.29) is 11.7 Å². The van der Waals surface area contributed by atoms with Crippen molar-refractivity contribution in [3.63, 3.8) is 0 Å². The van der Waals surface area contributed by atoms with Crippen LogP contribution in [0.4, 0.5) is 10.1 Å². The third-order valence-electron chi connectivity index (χ3n) is 5.52. The third-order valence-corrected chi connectivity index (χ3v) is 5.52. The first-order chi connectivity index (χ1) is 13.5. The van der Waals surface area contributed by atoms with Crippen molar-refractivity contribution < 1.29 is 14.3 Å². The van der Waals surface area contributed by atoms with Gasteiger partial charge in [-0.05, 0) is 73.7 Å². The highest BCUT2D eigenvalue weighted by atomic mass is 19.1. The number of piperidine rings is 1. The molecule has 2 aromatic carbocycles. The van der Waals surface area contributed by atoms with Crippen molar-refractivity contribution in [2.45, 2.75) is 44.6 Å². The Balaban J connectivity index is 1.47. The van der Waals surface area contributed by atoms with E-state index >= 15 is 0 Å². The molecule has 1 saturated heterocycles. The zero-order valence-electron chi connectivity index (χ0n) is 16.4. The predicted octanol–water partition coefficient (Wildman–Crippen LogP) is 4.48. The van der Waals surface area contributed by atoms with Crippen LogP contribution >= 0.6 is 0 Å². The van der Waals surface area contributed by atoms with E-state index in [0.717, 1.165) is 43.7 Å². The first-order valence-corrected chi connectivity index (χ1v) is 10.1. The SMILES string of the molecule is CCC(=O)Nc1cccc(C2CCN(CCC(O)c3ccc(F)cc3)CC2)c1. The molecule has 0 spiro atoms. The fourth-order valence-corrected chi connectivity index (χ4v) is 3.77. The van der Waals surface area contributed by atoms with Crippen molar-refractivity contribution in [3.05, 3.63) is 65.5 Å². The number of aliphatic hydroxyl groups is 1. The first kappa shape index (κ1) is 20.5. The Morgan fingerprint density at radius 1 is 1.21 bits per heavy atom. The van der Waals surface area contributed by atoms with Crippen LogP contribution in [0.15, 0.2) is 48.5 Å². The minimum absolute atomic E-state index is 0.0340. The van der Waals surface area contributed by atoms with Crippen LogP contribution in [-0.2, 0) is 4.79 Å². The summed E-state index contributed by atoms with van der Waals surface area (Å²) in [4.78, 5) is 14.0. The Labute approximate surface area is 166 Å². The number of carbonyl (C=O) groups is 1. The number of carbonyl (C=O) groups excluding carboxylic acids is 1. The lowest BCUT2D eigenvalue weighted by Gasteiger charge is -2.32. The van der Waals surface area contributed by atoms with Crippen molar-refractivity contribution in [2.24, 2.45) is 0 Å². The number of anilines is 1. The Morgan fingerprint density at radius 2 is 1.93 bits per heavy atom. The van der Waals surface area contributed by atoms with Crippen molar-refractivity contribution in [1.29, 1.82) is 0 Å². The molecule has 0 radical (unpaired) electrons. The number of nitrogens with zero attached hydrogens (tertiary/aromatic N) is 1.